The third-order valence-electron chi connectivity index (χ3n) is 2.50. The lowest BCUT2D eigenvalue weighted by atomic mass is 10.0. The topological polar surface area (TPSA) is 37.8 Å². The summed E-state index contributed by atoms with van der Waals surface area (Å²) in [5.41, 5.74) is 1.81. The maximum Gasteiger partial charge on any atom is 0.123 e. The Kier molecular flexibility index (Phi) is 3.77. The number of nitrogens with zero attached hydrogens (tertiary/aromatic N) is 2. The number of hydrogen-bond donors (Lipinski definition) is 1. The maximum atomic E-state index is 13.2. The molecule has 3 nitrogen and oxygen atoms in total. The first kappa shape index (κ1) is 11.7. The van der Waals surface area contributed by atoms with Crippen LogP contribution in [0.1, 0.15) is 24.1 Å². The molecule has 0 fully saturated rings. The Balaban J connectivity index is 2.35. The minimum Gasteiger partial charge on any atom is -0.306 e. The highest BCUT2D eigenvalue weighted by atomic mass is 19.1. The fourth-order valence-corrected chi connectivity index (χ4v) is 1.78. The summed E-state index contributed by atoms with van der Waals surface area (Å²) in [6.07, 6.45) is 4.97. The molecular formula is C13H14FN3. The fourth-order valence-electron chi connectivity index (χ4n) is 1.78. The second-order valence-electron chi connectivity index (χ2n) is 3.72. The second kappa shape index (κ2) is 5.50. The second-order valence-corrected chi connectivity index (χ2v) is 3.72. The van der Waals surface area contributed by atoms with Crippen LogP contribution in [0.4, 0.5) is 4.39 Å². The van der Waals surface area contributed by atoms with Crippen LogP contribution in [-0.4, -0.2) is 16.5 Å². The average molecular weight is 231 g/mol. The molecule has 2 rings (SSSR count). The van der Waals surface area contributed by atoms with Gasteiger partial charge in [0, 0.05) is 18.0 Å². The normalized spacial score (nSPS) is 12.4. The number of hydrogen-bond acceptors (Lipinski definition) is 3. The summed E-state index contributed by atoms with van der Waals surface area (Å²) in [4.78, 5) is 7.98. The van der Waals surface area contributed by atoms with Crippen molar-refractivity contribution >= 4 is 0 Å². The lowest BCUT2D eigenvalue weighted by Crippen LogP contribution is -2.22. The van der Waals surface area contributed by atoms with Crippen molar-refractivity contribution in [1.82, 2.24) is 15.3 Å². The zero-order valence-electron chi connectivity index (χ0n) is 9.60. The van der Waals surface area contributed by atoms with Crippen LogP contribution in [-0.2, 0) is 0 Å². The molecule has 0 bridgehead atoms. The van der Waals surface area contributed by atoms with Crippen LogP contribution in [0.25, 0.3) is 0 Å². The van der Waals surface area contributed by atoms with E-state index >= 15 is 0 Å². The number of nitrogens with one attached hydrogen (secondary N) is 1. The fraction of sp³-hybridized carbons (Fsp3) is 0.231. The molecule has 0 amide bonds. The van der Waals surface area contributed by atoms with E-state index in [0.29, 0.717) is 0 Å². The monoisotopic (exact) mass is 231 g/mol. The zero-order valence-corrected chi connectivity index (χ0v) is 9.60. The van der Waals surface area contributed by atoms with Crippen LogP contribution < -0.4 is 5.32 Å². The number of benzene rings is 1. The Morgan fingerprint density at radius 2 is 2.00 bits per heavy atom. The van der Waals surface area contributed by atoms with E-state index in [9.17, 15) is 4.39 Å². The Morgan fingerprint density at radius 3 is 2.65 bits per heavy atom. The molecule has 1 unspecified atom stereocenters. The molecule has 0 aliphatic heterocycles. The first-order chi connectivity index (χ1) is 8.31. The summed E-state index contributed by atoms with van der Waals surface area (Å²) in [5, 5.41) is 3.30. The van der Waals surface area contributed by atoms with E-state index in [0.717, 1.165) is 17.7 Å². The molecule has 1 atom stereocenters. The van der Waals surface area contributed by atoms with Gasteiger partial charge in [-0.05, 0) is 24.2 Å². The lowest BCUT2D eigenvalue weighted by molar-refractivity contribution is 0.601. The molecule has 1 N–H and O–H groups in total. The van der Waals surface area contributed by atoms with E-state index in [1.165, 1.54) is 18.5 Å². The first-order valence-electron chi connectivity index (χ1n) is 5.55. The highest BCUT2D eigenvalue weighted by Gasteiger charge is 2.13. The van der Waals surface area contributed by atoms with Crippen molar-refractivity contribution in [1.29, 1.82) is 0 Å². The lowest BCUT2D eigenvalue weighted by Gasteiger charge is -2.18. The van der Waals surface area contributed by atoms with Crippen molar-refractivity contribution in [3.05, 3.63) is 59.9 Å². The Hall–Kier alpha value is -1.81. The molecule has 0 saturated carbocycles. The van der Waals surface area contributed by atoms with Gasteiger partial charge in [-0.1, -0.05) is 19.1 Å². The largest absolute Gasteiger partial charge is 0.306 e. The summed E-state index contributed by atoms with van der Waals surface area (Å²) >= 11 is 0. The van der Waals surface area contributed by atoms with Crippen LogP contribution in [0.15, 0.2) is 43.0 Å². The molecule has 88 valence electrons. The van der Waals surface area contributed by atoms with Crippen molar-refractivity contribution < 1.29 is 4.39 Å². The van der Waals surface area contributed by atoms with Gasteiger partial charge in [-0.15, -0.1) is 0 Å². The van der Waals surface area contributed by atoms with Crippen molar-refractivity contribution in [2.75, 3.05) is 6.54 Å². The van der Waals surface area contributed by atoms with Crippen molar-refractivity contribution in [2.24, 2.45) is 0 Å². The van der Waals surface area contributed by atoms with Gasteiger partial charge in [-0.3, -0.25) is 0 Å². The van der Waals surface area contributed by atoms with Gasteiger partial charge in [0.05, 0.1) is 6.04 Å². The van der Waals surface area contributed by atoms with Gasteiger partial charge in [0.1, 0.15) is 12.1 Å². The number of rotatable bonds is 4. The van der Waals surface area contributed by atoms with E-state index in [1.807, 2.05) is 13.0 Å². The molecule has 17 heavy (non-hydrogen) atoms. The Bertz CT molecular complexity index is 473. The molecule has 1 heterocycles. The maximum absolute atomic E-state index is 13.2. The van der Waals surface area contributed by atoms with E-state index in [2.05, 4.69) is 15.3 Å². The predicted molar refractivity (Wildman–Crippen MR) is 64.0 cm³/mol. The first-order valence-corrected chi connectivity index (χ1v) is 5.55. The summed E-state index contributed by atoms with van der Waals surface area (Å²) in [6, 6.07) is 6.49. The van der Waals surface area contributed by atoms with Crippen LogP contribution in [0, 0.1) is 5.82 Å². The van der Waals surface area contributed by atoms with E-state index in [1.54, 1.807) is 18.5 Å². The van der Waals surface area contributed by atoms with Gasteiger partial charge in [-0.2, -0.15) is 0 Å². The van der Waals surface area contributed by atoms with Gasteiger partial charge in [0.15, 0.2) is 0 Å². The third-order valence-corrected chi connectivity index (χ3v) is 2.50. The molecule has 1 aromatic carbocycles. The molecule has 1 aromatic heterocycles. The molecule has 0 saturated heterocycles. The van der Waals surface area contributed by atoms with Crippen LogP contribution in [0.2, 0.25) is 0 Å². The predicted octanol–water partition coefficient (Wildman–Crippen LogP) is 2.31. The average Bonchev–Trinajstić information content (AvgIpc) is 2.37. The molecule has 0 radical (unpaired) electrons. The van der Waals surface area contributed by atoms with Crippen molar-refractivity contribution in [2.45, 2.75) is 13.0 Å². The smallest absolute Gasteiger partial charge is 0.123 e. The Labute approximate surface area is 99.7 Å². The van der Waals surface area contributed by atoms with E-state index in [-0.39, 0.29) is 11.9 Å². The standard InChI is InChI=1S/C13H14FN3/c1-2-17-13(11-7-15-9-16-8-11)10-4-3-5-12(14)6-10/h3-9,13,17H,2H2,1H3. The zero-order chi connectivity index (χ0) is 12.1. The molecule has 0 aliphatic carbocycles. The molecule has 0 spiro atoms. The minimum atomic E-state index is -0.234. The van der Waals surface area contributed by atoms with Gasteiger partial charge in [0.2, 0.25) is 0 Å². The van der Waals surface area contributed by atoms with Crippen molar-refractivity contribution in [3.63, 3.8) is 0 Å². The van der Waals surface area contributed by atoms with Gasteiger partial charge >= 0.3 is 0 Å². The van der Waals surface area contributed by atoms with Crippen LogP contribution in [0.5, 0.6) is 0 Å². The van der Waals surface area contributed by atoms with Crippen LogP contribution in [0.3, 0.4) is 0 Å². The summed E-state index contributed by atoms with van der Waals surface area (Å²) in [6.45, 7) is 2.80. The number of halogens is 1. The Morgan fingerprint density at radius 1 is 1.24 bits per heavy atom. The summed E-state index contributed by atoms with van der Waals surface area (Å²) in [7, 11) is 0. The minimum absolute atomic E-state index is 0.0723. The quantitative estimate of drug-likeness (QED) is 0.877. The molecule has 4 heteroatoms. The SMILES string of the molecule is CCNC(c1cncnc1)c1cccc(F)c1. The molecule has 0 aliphatic rings. The van der Waals surface area contributed by atoms with Gasteiger partial charge in [-0.25, -0.2) is 14.4 Å². The highest BCUT2D eigenvalue weighted by molar-refractivity contribution is 5.29. The third kappa shape index (κ3) is 2.85. The highest BCUT2D eigenvalue weighted by Crippen LogP contribution is 2.21. The van der Waals surface area contributed by atoms with Gasteiger partial charge in [0.25, 0.3) is 0 Å². The van der Waals surface area contributed by atoms with Gasteiger partial charge < -0.3 is 5.32 Å². The van der Waals surface area contributed by atoms with E-state index < -0.39 is 0 Å². The molecule has 2 aromatic rings. The summed E-state index contributed by atoms with van der Waals surface area (Å²) in [5.74, 6) is -0.234. The van der Waals surface area contributed by atoms with Crippen molar-refractivity contribution in [3.8, 4) is 0 Å². The van der Waals surface area contributed by atoms with E-state index in [4.69, 9.17) is 0 Å². The number of aromatic nitrogens is 2. The van der Waals surface area contributed by atoms with Crippen LogP contribution >= 0.6 is 0 Å². The molecular weight excluding hydrogens is 217 g/mol. The summed E-state index contributed by atoms with van der Waals surface area (Å²) < 4.78 is 13.2.